The van der Waals surface area contributed by atoms with Crippen molar-refractivity contribution in [3.05, 3.63) is 46.4 Å². The molecule has 0 bridgehead atoms. The number of rotatable bonds is 5. The number of nitrogens with one attached hydrogen (secondary N) is 1. The highest BCUT2D eigenvalue weighted by atomic mass is 16.5. The minimum Gasteiger partial charge on any atom is -0.465 e. The number of anilines is 1. The molecule has 4 heterocycles. The molecule has 3 N–H and O–H groups in total. The van der Waals surface area contributed by atoms with Crippen LogP contribution in [0.5, 0.6) is 0 Å². The zero-order chi connectivity index (χ0) is 20.4. The van der Waals surface area contributed by atoms with E-state index < -0.39 is 5.97 Å². The summed E-state index contributed by atoms with van der Waals surface area (Å²) in [4.78, 5) is 31.4. The maximum absolute atomic E-state index is 13.0. The molecule has 0 unspecified atom stereocenters. The Bertz CT molecular complexity index is 1120. The molecule has 9 heteroatoms. The van der Waals surface area contributed by atoms with Crippen molar-refractivity contribution >= 4 is 28.5 Å². The first-order valence-corrected chi connectivity index (χ1v) is 9.73. The molecule has 9 nitrogen and oxygen atoms in total. The fourth-order valence-corrected chi connectivity index (χ4v) is 3.80. The number of pyridine rings is 2. The molecule has 0 aliphatic carbocycles. The predicted octanol–water partition coefficient (Wildman–Crippen LogP) is -1.19. The number of methoxy groups -OCH3 is 1. The summed E-state index contributed by atoms with van der Waals surface area (Å²) in [7, 11) is 1.30. The molecular formula is C20H25N5O4+2. The van der Waals surface area contributed by atoms with E-state index in [1.165, 1.54) is 22.5 Å². The highest BCUT2D eigenvalue weighted by molar-refractivity contribution is 5.96. The summed E-state index contributed by atoms with van der Waals surface area (Å²) in [6.45, 7) is 5.01. The topological polar surface area (TPSA) is 104 Å². The van der Waals surface area contributed by atoms with E-state index in [0.29, 0.717) is 23.2 Å². The van der Waals surface area contributed by atoms with Gasteiger partial charge in [-0.1, -0.05) is 11.1 Å². The van der Waals surface area contributed by atoms with E-state index in [1.54, 1.807) is 22.9 Å². The summed E-state index contributed by atoms with van der Waals surface area (Å²) in [5.74, 6) is -0.317. The highest BCUT2D eigenvalue weighted by Crippen LogP contribution is 2.15. The van der Waals surface area contributed by atoms with Gasteiger partial charge in [-0.2, -0.15) is 0 Å². The van der Waals surface area contributed by atoms with Gasteiger partial charge in [-0.05, 0) is 18.2 Å². The number of ether oxygens (including phenoxy) is 2. The number of nitrogen functional groups attached to an aromatic ring is 1. The number of quaternary nitrogens is 1. The molecule has 1 fully saturated rings. The van der Waals surface area contributed by atoms with Gasteiger partial charge in [0.15, 0.2) is 0 Å². The van der Waals surface area contributed by atoms with Crippen molar-refractivity contribution in [3.63, 3.8) is 0 Å². The Hall–Kier alpha value is -3.04. The van der Waals surface area contributed by atoms with Crippen LogP contribution in [0.3, 0.4) is 0 Å². The minimum atomic E-state index is -0.575. The third kappa shape index (κ3) is 3.66. The van der Waals surface area contributed by atoms with Crippen LogP contribution in [-0.2, 0) is 16.0 Å². The van der Waals surface area contributed by atoms with Crippen molar-refractivity contribution in [1.29, 1.82) is 0 Å². The van der Waals surface area contributed by atoms with Crippen LogP contribution >= 0.6 is 0 Å². The lowest BCUT2D eigenvalue weighted by Crippen LogP contribution is -3.14. The lowest BCUT2D eigenvalue weighted by atomic mass is 10.2. The smallest absolute Gasteiger partial charge is 0.344 e. The minimum absolute atomic E-state index is 0.175. The lowest BCUT2D eigenvalue weighted by molar-refractivity contribution is -0.910. The Balaban J connectivity index is 1.79. The first-order chi connectivity index (χ1) is 14.1. The fourth-order valence-electron chi connectivity index (χ4n) is 3.80. The van der Waals surface area contributed by atoms with Crippen LogP contribution in [0.2, 0.25) is 0 Å². The van der Waals surface area contributed by atoms with Crippen molar-refractivity contribution in [2.75, 3.05) is 45.7 Å². The SMILES string of the molecule is COC(=O)c1cc2c(=O)n3ccccc3nc2[n+](CCC[NH+]2CCOCC2)c1N. The van der Waals surface area contributed by atoms with Gasteiger partial charge >= 0.3 is 5.97 Å². The molecule has 0 amide bonds. The molecule has 3 aromatic rings. The Morgan fingerprint density at radius 3 is 2.93 bits per heavy atom. The predicted molar refractivity (Wildman–Crippen MR) is 106 cm³/mol. The molecular weight excluding hydrogens is 374 g/mol. The molecule has 0 saturated carbocycles. The molecule has 29 heavy (non-hydrogen) atoms. The van der Waals surface area contributed by atoms with Crippen LogP contribution in [0.25, 0.3) is 16.7 Å². The van der Waals surface area contributed by atoms with Crippen LogP contribution in [0.15, 0.2) is 35.3 Å². The third-order valence-electron chi connectivity index (χ3n) is 5.38. The van der Waals surface area contributed by atoms with E-state index in [-0.39, 0.29) is 16.9 Å². The lowest BCUT2D eigenvalue weighted by Gasteiger charge is -2.23. The van der Waals surface area contributed by atoms with Crippen molar-refractivity contribution in [1.82, 2.24) is 9.38 Å². The molecule has 1 saturated heterocycles. The maximum Gasteiger partial charge on any atom is 0.344 e. The quantitative estimate of drug-likeness (QED) is 0.318. The number of aryl methyl sites for hydroxylation is 1. The van der Waals surface area contributed by atoms with E-state index in [0.717, 1.165) is 39.3 Å². The van der Waals surface area contributed by atoms with Gasteiger partial charge in [0.05, 0.1) is 33.4 Å². The van der Waals surface area contributed by atoms with Crippen molar-refractivity contribution in [2.24, 2.45) is 0 Å². The fraction of sp³-hybridized carbons (Fsp3) is 0.400. The average molecular weight is 399 g/mol. The summed E-state index contributed by atoms with van der Waals surface area (Å²) in [6.07, 6.45) is 2.49. The number of hydrogen-bond donors (Lipinski definition) is 2. The number of aromatic nitrogens is 3. The molecule has 0 atom stereocenters. The number of morpholine rings is 1. The summed E-state index contributed by atoms with van der Waals surface area (Å²) < 4.78 is 13.5. The van der Waals surface area contributed by atoms with E-state index in [9.17, 15) is 9.59 Å². The zero-order valence-electron chi connectivity index (χ0n) is 16.4. The Labute approximate surface area is 167 Å². The molecule has 1 aliphatic rings. The van der Waals surface area contributed by atoms with Crippen molar-refractivity contribution in [3.8, 4) is 0 Å². The summed E-state index contributed by atoms with van der Waals surface area (Å²) in [5, 5.41) is 0.335. The van der Waals surface area contributed by atoms with Gasteiger partial charge in [0.25, 0.3) is 11.2 Å². The van der Waals surface area contributed by atoms with Gasteiger partial charge in [-0.15, -0.1) is 0 Å². The molecule has 152 valence electrons. The summed E-state index contributed by atoms with van der Waals surface area (Å²) >= 11 is 0. The number of esters is 1. The van der Waals surface area contributed by atoms with Gasteiger partial charge in [0.2, 0.25) is 11.5 Å². The van der Waals surface area contributed by atoms with Crippen LogP contribution < -0.4 is 20.8 Å². The third-order valence-corrected chi connectivity index (χ3v) is 5.38. The van der Waals surface area contributed by atoms with Crippen LogP contribution in [0.4, 0.5) is 5.82 Å². The second kappa shape index (κ2) is 8.14. The monoisotopic (exact) mass is 399 g/mol. The van der Waals surface area contributed by atoms with Gasteiger partial charge in [0.1, 0.15) is 24.0 Å². The Morgan fingerprint density at radius 1 is 1.38 bits per heavy atom. The van der Waals surface area contributed by atoms with Gasteiger partial charge < -0.3 is 20.1 Å². The number of carbonyl (C=O) groups excluding carboxylic acids is 1. The van der Waals surface area contributed by atoms with E-state index in [1.807, 2.05) is 6.07 Å². The summed E-state index contributed by atoms with van der Waals surface area (Å²) in [6, 6.07) is 6.84. The zero-order valence-corrected chi connectivity index (χ0v) is 16.4. The average Bonchev–Trinajstić information content (AvgIpc) is 2.75. The molecule has 0 spiro atoms. The molecule has 4 rings (SSSR count). The Kier molecular flexibility index (Phi) is 5.41. The number of nitrogens with two attached hydrogens (primary N) is 1. The maximum atomic E-state index is 13.0. The molecule has 1 aliphatic heterocycles. The van der Waals surface area contributed by atoms with E-state index in [2.05, 4.69) is 4.98 Å². The first-order valence-electron chi connectivity index (χ1n) is 9.73. The molecule has 0 radical (unpaired) electrons. The molecule has 0 aromatic carbocycles. The van der Waals surface area contributed by atoms with Gasteiger partial charge in [0, 0.05) is 12.6 Å². The number of hydrogen-bond acceptors (Lipinski definition) is 6. The van der Waals surface area contributed by atoms with Crippen molar-refractivity contribution in [2.45, 2.75) is 13.0 Å². The van der Waals surface area contributed by atoms with E-state index >= 15 is 0 Å². The van der Waals surface area contributed by atoms with Crippen molar-refractivity contribution < 1.29 is 23.7 Å². The highest BCUT2D eigenvalue weighted by Gasteiger charge is 2.25. The molecule has 3 aromatic heterocycles. The largest absolute Gasteiger partial charge is 0.465 e. The standard InChI is InChI=1S/C20H23N5O4/c1-28-20(27)14-13-15-18(22-16-5-2-3-7-24(16)19(15)26)25(17(14)21)8-4-6-23-9-11-29-12-10-23/h2-3,5,7,13,21H,4,6,8-12H2,1H3/p+2. The van der Waals surface area contributed by atoms with Crippen LogP contribution in [0.1, 0.15) is 16.8 Å². The van der Waals surface area contributed by atoms with E-state index in [4.69, 9.17) is 15.2 Å². The summed E-state index contributed by atoms with van der Waals surface area (Å²) in [5.41, 5.74) is 7.26. The second-order valence-corrected chi connectivity index (χ2v) is 7.14. The van der Waals surface area contributed by atoms with Crippen LogP contribution in [-0.4, -0.2) is 55.3 Å². The first kappa shape index (κ1) is 19.3. The second-order valence-electron chi connectivity index (χ2n) is 7.14. The van der Waals surface area contributed by atoms with Gasteiger partial charge in [-0.3, -0.25) is 9.20 Å². The van der Waals surface area contributed by atoms with Gasteiger partial charge in [-0.25, -0.2) is 9.36 Å². The van der Waals surface area contributed by atoms with Crippen LogP contribution in [0, 0.1) is 0 Å². The number of carbonyl (C=O) groups is 1. The normalized spacial score (nSPS) is 15.1. The Morgan fingerprint density at radius 2 is 2.17 bits per heavy atom. The number of fused-ring (bicyclic) bond motifs is 2. The number of nitrogens with zero attached hydrogens (tertiary/aromatic N) is 3.